The van der Waals surface area contributed by atoms with E-state index in [-0.39, 0.29) is 18.3 Å². The van der Waals surface area contributed by atoms with Crippen LogP contribution < -0.4 is 5.32 Å². The second kappa shape index (κ2) is 8.35. The first kappa shape index (κ1) is 17.2. The molecule has 0 radical (unpaired) electrons. The van der Waals surface area contributed by atoms with Crippen molar-refractivity contribution in [2.24, 2.45) is 11.8 Å². The number of nitrogens with zero attached hydrogens (tertiary/aromatic N) is 2. The van der Waals surface area contributed by atoms with Gasteiger partial charge in [0.15, 0.2) is 0 Å². The number of hydrogen-bond donors (Lipinski definition) is 2. The molecule has 6 heteroatoms. The van der Waals surface area contributed by atoms with Crippen LogP contribution in [-0.4, -0.2) is 41.1 Å². The highest BCUT2D eigenvalue weighted by Gasteiger charge is 2.25. The average Bonchev–Trinajstić information content (AvgIpc) is 2.29. The fourth-order valence-corrected chi connectivity index (χ4v) is 1.64. The Hall–Kier alpha value is -1.77. The second-order valence-corrected chi connectivity index (χ2v) is 5.26. The molecule has 0 aromatic carbocycles. The number of carbonyl (C=O) groups excluding carboxylic acids is 1. The molecule has 0 rings (SSSR count). The van der Waals surface area contributed by atoms with E-state index in [4.69, 9.17) is 10.4 Å². The van der Waals surface area contributed by atoms with Gasteiger partial charge in [-0.05, 0) is 11.8 Å². The average molecular weight is 269 g/mol. The lowest BCUT2D eigenvalue weighted by atomic mass is 10.1. The Kier molecular flexibility index (Phi) is 7.57. The molecule has 0 bridgehead atoms. The minimum Gasteiger partial charge on any atom is -0.480 e. The molecule has 6 nitrogen and oxygen atoms in total. The maximum Gasteiger partial charge on any atom is 0.326 e. The van der Waals surface area contributed by atoms with Gasteiger partial charge in [-0.1, -0.05) is 27.7 Å². The van der Waals surface area contributed by atoms with E-state index in [0.29, 0.717) is 13.1 Å². The van der Waals surface area contributed by atoms with Gasteiger partial charge in [0.05, 0.1) is 12.5 Å². The monoisotopic (exact) mass is 269 g/mol. The maximum atomic E-state index is 12.0. The lowest BCUT2D eigenvalue weighted by molar-refractivity contribution is -0.140. The Labute approximate surface area is 114 Å². The number of amides is 2. The molecule has 1 atom stereocenters. The number of nitrogens with one attached hydrogen (secondary N) is 1. The number of carbonyl (C=O) groups is 2. The van der Waals surface area contributed by atoms with Crippen LogP contribution in [0.25, 0.3) is 0 Å². The summed E-state index contributed by atoms with van der Waals surface area (Å²) in [6.07, 6.45) is 0.236. The quantitative estimate of drug-likeness (QED) is 0.735. The number of carboxylic acids is 1. The molecule has 0 aliphatic heterocycles. The van der Waals surface area contributed by atoms with Crippen LogP contribution in [0.4, 0.5) is 4.79 Å². The van der Waals surface area contributed by atoms with Crippen LogP contribution in [0, 0.1) is 23.2 Å². The number of aliphatic carboxylic acids is 1. The molecular formula is C13H23N3O3. The molecule has 2 N–H and O–H groups in total. The molecule has 0 saturated heterocycles. The Morgan fingerprint density at radius 1 is 1.32 bits per heavy atom. The summed E-state index contributed by atoms with van der Waals surface area (Å²) in [6.45, 7) is 8.21. The molecule has 0 saturated carbocycles. The lowest BCUT2D eigenvalue weighted by Crippen LogP contribution is -2.51. The minimum atomic E-state index is -1.05. The number of carboxylic acid groups (broad SMARTS) is 1. The first-order valence-corrected chi connectivity index (χ1v) is 6.44. The molecule has 0 heterocycles. The molecule has 0 aliphatic carbocycles. The molecule has 0 aromatic heterocycles. The Balaban J connectivity index is 4.69. The molecule has 0 spiro atoms. The van der Waals surface area contributed by atoms with Crippen molar-refractivity contribution in [1.29, 1.82) is 5.26 Å². The van der Waals surface area contributed by atoms with E-state index in [1.54, 1.807) is 13.8 Å². The largest absolute Gasteiger partial charge is 0.480 e. The summed E-state index contributed by atoms with van der Waals surface area (Å²) in [4.78, 5) is 24.6. The van der Waals surface area contributed by atoms with Gasteiger partial charge < -0.3 is 15.3 Å². The highest BCUT2D eigenvalue weighted by molar-refractivity contribution is 5.82. The molecule has 0 fully saturated rings. The van der Waals surface area contributed by atoms with Crippen molar-refractivity contribution in [3.8, 4) is 6.07 Å². The van der Waals surface area contributed by atoms with E-state index in [9.17, 15) is 9.59 Å². The Morgan fingerprint density at radius 3 is 2.26 bits per heavy atom. The van der Waals surface area contributed by atoms with Crippen LogP contribution in [0.2, 0.25) is 0 Å². The van der Waals surface area contributed by atoms with Crippen LogP contribution in [0.3, 0.4) is 0 Å². The molecule has 0 aliphatic rings. The van der Waals surface area contributed by atoms with Crippen molar-refractivity contribution < 1.29 is 14.7 Å². The van der Waals surface area contributed by atoms with Gasteiger partial charge in [-0.15, -0.1) is 0 Å². The summed E-state index contributed by atoms with van der Waals surface area (Å²) >= 11 is 0. The van der Waals surface area contributed by atoms with Gasteiger partial charge in [0, 0.05) is 13.1 Å². The molecule has 0 unspecified atom stereocenters. The van der Waals surface area contributed by atoms with Crippen LogP contribution >= 0.6 is 0 Å². The SMILES string of the molecule is CC(C)CN(CCC#N)C(=O)N[C@H](C(=O)O)C(C)C. The van der Waals surface area contributed by atoms with Crippen molar-refractivity contribution >= 4 is 12.0 Å². The van der Waals surface area contributed by atoms with Gasteiger partial charge in [-0.25, -0.2) is 9.59 Å². The number of rotatable bonds is 7. The summed E-state index contributed by atoms with van der Waals surface area (Å²) < 4.78 is 0. The van der Waals surface area contributed by atoms with E-state index < -0.39 is 18.0 Å². The zero-order valence-corrected chi connectivity index (χ0v) is 12.0. The van der Waals surface area contributed by atoms with Crippen molar-refractivity contribution in [3.63, 3.8) is 0 Å². The van der Waals surface area contributed by atoms with Crippen molar-refractivity contribution in [2.75, 3.05) is 13.1 Å². The third kappa shape index (κ3) is 6.65. The minimum absolute atomic E-state index is 0.196. The van der Waals surface area contributed by atoms with Gasteiger partial charge in [0.1, 0.15) is 6.04 Å². The topological polar surface area (TPSA) is 93.4 Å². The zero-order chi connectivity index (χ0) is 15.0. The van der Waals surface area contributed by atoms with E-state index in [0.717, 1.165) is 0 Å². The van der Waals surface area contributed by atoms with Crippen molar-refractivity contribution in [1.82, 2.24) is 10.2 Å². The van der Waals surface area contributed by atoms with Gasteiger partial charge in [-0.3, -0.25) is 0 Å². The van der Waals surface area contributed by atoms with Crippen LogP contribution in [0.15, 0.2) is 0 Å². The van der Waals surface area contributed by atoms with Gasteiger partial charge >= 0.3 is 12.0 Å². The normalized spacial score (nSPS) is 12.1. The highest BCUT2D eigenvalue weighted by Crippen LogP contribution is 2.05. The third-order valence-electron chi connectivity index (χ3n) is 2.58. The van der Waals surface area contributed by atoms with Crippen molar-refractivity contribution in [2.45, 2.75) is 40.2 Å². The fourth-order valence-electron chi connectivity index (χ4n) is 1.64. The second-order valence-electron chi connectivity index (χ2n) is 5.26. The molecule has 2 amide bonds. The predicted molar refractivity (Wildman–Crippen MR) is 71.4 cm³/mol. The number of urea groups is 1. The predicted octanol–water partition coefficient (Wildman–Crippen LogP) is 1.68. The summed E-state index contributed by atoms with van der Waals surface area (Å²) in [5.74, 6) is -0.988. The fraction of sp³-hybridized carbons (Fsp3) is 0.769. The summed E-state index contributed by atoms with van der Waals surface area (Å²) in [5, 5.41) is 20.1. The molecule has 108 valence electrons. The van der Waals surface area contributed by atoms with Crippen LogP contribution in [0.5, 0.6) is 0 Å². The highest BCUT2D eigenvalue weighted by atomic mass is 16.4. The third-order valence-corrected chi connectivity index (χ3v) is 2.58. The van der Waals surface area contributed by atoms with E-state index >= 15 is 0 Å². The van der Waals surface area contributed by atoms with Gasteiger partial charge in [0.2, 0.25) is 0 Å². The lowest BCUT2D eigenvalue weighted by Gasteiger charge is -2.27. The molecular weight excluding hydrogens is 246 g/mol. The molecule has 19 heavy (non-hydrogen) atoms. The van der Waals surface area contributed by atoms with Crippen molar-refractivity contribution in [3.05, 3.63) is 0 Å². The van der Waals surface area contributed by atoms with E-state index in [2.05, 4.69) is 5.32 Å². The van der Waals surface area contributed by atoms with Gasteiger partial charge in [-0.2, -0.15) is 5.26 Å². The Bertz CT molecular complexity index is 348. The van der Waals surface area contributed by atoms with Crippen LogP contribution in [0.1, 0.15) is 34.1 Å². The standard InChI is InChI=1S/C13H23N3O3/c1-9(2)8-16(7-5-6-14)13(19)15-11(10(3)4)12(17)18/h9-11H,5,7-8H2,1-4H3,(H,15,19)(H,17,18)/t11-/m0/s1. The number of hydrogen-bond acceptors (Lipinski definition) is 3. The molecule has 0 aromatic rings. The first-order chi connectivity index (χ1) is 8.79. The maximum absolute atomic E-state index is 12.0. The first-order valence-electron chi connectivity index (χ1n) is 6.44. The Morgan fingerprint density at radius 2 is 1.89 bits per heavy atom. The van der Waals surface area contributed by atoms with E-state index in [1.807, 2.05) is 19.9 Å². The van der Waals surface area contributed by atoms with E-state index in [1.165, 1.54) is 4.90 Å². The summed E-state index contributed by atoms with van der Waals surface area (Å²) in [6, 6.07) is 0.649. The zero-order valence-electron chi connectivity index (χ0n) is 12.0. The summed E-state index contributed by atoms with van der Waals surface area (Å²) in [5.41, 5.74) is 0. The van der Waals surface area contributed by atoms with Crippen LogP contribution in [-0.2, 0) is 4.79 Å². The summed E-state index contributed by atoms with van der Waals surface area (Å²) in [7, 11) is 0. The van der Waals surface area contributed by atoms with Gasteiger partial charge in [0.25, 0.3) is 0 Å². The smallest absolute Gasteiger partial charge is 0.326 e. The number of nitriles is 1.